The fourth-order valence-electron chi connectivity index (χ4n) is 2.34. The van der Waals surface area contributed by atoms with E-state index < -0.39 is 6.09 Å². The molecule has 1 aromatic rings. The van der Waals surface area contributed by atoms with Crippen molar-refractivity contribution in [2.45, 2.75) is 4.90 Å². The number of hydrogen-bond donors (Lipinski definition) is 1. The Labute approximate surface area is 184 Å². The van der Waals surface area contributed by atoms with E-state index in [-0.39, 0.29) is 41.7 Å². The number of halogens is 1. The molecule has 0 unspecified atom stereocenters. The first kappa shape index (κ1) is 25.0. The molecular weight excluding hydrogens is 436 g/mol. The Morgan fingerprint density at radius 1 is 1.45 bits per heavy atom. The molecule has 1 N–H and O–H groups in total. The molecule has 0 radical (unpaired) electrons. The number of methoxy groups -OCH3 is 1. The lowest BCUT2D eigenvalue weighted by Crippen LogP contribution is -2.32. The van der Waals surface area contributed by atoms with Crippen LogP contribution in [-0.2, 0) is 14.3 Å². The molecule has 2 rings (SSSR count). The number of thioether (sulfide) groups is 2. The van der Waals surface area contributed by atoms with Crippen LogP contribution in [0.25, 0.3) is 0 Å². The second-order valence-electron chi connectivity index (χ2n) is 5.95. The number of ether oxygens (including phenoxy) is 1. The predicted molar refractivity (Wildman–Crippen MR) is 122 cm³/mol. The van der Waals surface area contributed by atoms with Gasteiger partial charge < -0.3 is 15.0 Å². The van der Waals surface area contributed by atoms with E-state index in [0.29, 0.717) is 17.1 Å². The topological polar surface area (TPSA) is 91.3 Å². The predicted octanol–water partition coefficient (Wildman–Crippen LogP) is 3.09. The molecule has 0 atom stereocenters. The molecule has 1 aliphatic rings. The number of amidine groups is 1. The largest absolute Gasteiger partial charge is 0.451 e. The molecule has 8 nitrogen and oxygen atoms in total. The molecule has 0 saturated carbocycles. The molecule has 3 amide bonds. The monoisotopic (exact) mass is 458 g/mol. The highest BCUT2D eigenvalue weighted by molar-refractivity contribution is 8.15. The highest BCUT2D eigenvalue weighted by Gasteiger charge is 2.32. The number of nitrogens with zero attached hydrogens (tertiary/aromatic N) is 3. The van der Waals surface area contributed by atoms with Crippen LogP contribution >= 0.6 is 35.9 Å². The van der Waals surface area contributed by atoms with Gasteiger partial charge in [0, 0.05) is 10.6 Å². The molecule has 29 heavy (non-hydrogen) atoms. The average Bonchev–Trinajstić information content (AvgIpc) is 2.99. The van der Waals surface area contributed by atoms with Crippen molar-refractivity contribution < 1.29 is 19.1 Å². The Kier molecular flexibility index (Phi) is 10.2. The Hall–Kier alpha value is -2.01. The number of benzene rings is 1. The van der Waals surface area contributed by atoms with Gasteiger partial charge in [0.1, 0.15) is 0 Å². The van der Waals surface area contributed by atoms with Gasteiger partial charge in [-0.15, -0.1) is 30.7 Å². The number of likely N-dealkylation sites (N-methyl/N-ethyl adjacent to an activating group) is 1. The molecule has 1 fully saturated rings. The first-order valence-corrected chi connectivity index (χ1v) is 10.3. The van der Waals surface area contributed by atoms with Crippen molar-refractivity contribution in [3.8, 4) is 0 Å². The SMILES string of the molecule is C=CCSc1ccc(N2C(=O)CS/C2=N/C(=O)OC)c(NC(=O)CN(C)C)c1.Cl. The fraction of sp³-hybridized carbons (Fsp3) is 0.333. The van der Waals surface area contributed by atoms with Gasteiger partial charge in [-0.2, -0.15) is 4.99 Å². The number of carbonyl (C=O) groups excluding carboxylic acids is 3. The van der Waals surface area contributed by atoms with E-state index in [0.717, 1.165) is 16.7 Å². The lowest BCUT2D eigenvalue weighted by Gasteiger charge is -2.21. The quantitative estimate of drug-likeness (QED) is 0.495. The van der Waals surface area contributed by atoms with Gasteiger partial charge in [-0.1, -0.05) is 17.8 Å². The third-order valence-electron chi connectivity index (χ3n) is 3.44. The zero-order valence-electron chi connectivity index (χ0n) is 16.3. The standard InChI is InChI=1S/C18H22N4O4S2.ClH/c1-5-8-27-12-6-7-14(13(9-12)19-15(23)10-21(2)3)22-16(24)11-28-17(22)20-18(25)26-4;/h5-7,9H,1,8,10-11H2,2-4H3,(H,19,23);1H/b20-17+;. The van der Waals surface area contributed by atoms with E-state index in [1.54, 1.807) is 49.0 Å². The number of aliphatic imine (C=N–C) groups is 1. The number of amides is 3. The van der Waals surface area contributed by atoms with Crippen LogP contribution in [0.15, 0.2) is 40.7 Å². The number of nitrogens with one attached hydrogen (secondary N) is 1. The first-order chi connectivity index (χ1) is 13.3. The van der Waals surface area contributed by atoms with Gasteiger partial charge >= 0.3 is 6.09 Å². The van der Waals surface area contributed by atoms with Gasteiger partial charge in [0.25, 0.3) is 0 Å². The van der Waals surface area contributed by atoms with Gasteiger partial charge in [0.15, 0.2) is 5.17 Å². The van der Waals surface area contributed by atoms with Crippen LogP contribution in [0.5, 0.6) is 0 Å². The van der Waals surface area contributed by atoms with E-state index in [1.807, 2.05) is 6.07 Å². The zero-order chi connectivity index (χ0) is 20.7. The first-order valence-electron chi connectivity index (χ1n) is 8.30. The van der Waals surface area contributed by atoms with E-state index in [1.165, 1.54) is 12.0 Å². The highest BCUT2D eigenvalue weighted by Crippen LogP contribution is 2.35. The molecule has 1 aromatic carbocycles. The van der Waals surface area contributed by atoms with E-state index >= 15 is 0 Å². The summed E-state index contributed by atoms with van der Waals surface area (Å²) in [4.78, 5) is 44.1. The van der Waals surface area contributed by atoms with Crippen LogP contribution in [0.4, 0.5) is 16.2 Å². The van der Waals surface area contributed by atoms with Crippen molar-refractivity contribution in [2.75, 3.05) is 49.5 Å². The fourth-order valence-corrected chi connectivity index (χ4v) is 3.86. The van der Waals surface area contributed by atoms with Crippen LogP contribution in [-0.4, -0.2) is 67.2 Å². The van der Waals surface area contributed by atoms with Crippen molar-refractivity contribution in [3.63, 3.8) is 0 Å². The maximum Gasteiger partial charge on any atom is 0.435 e. The minimum absolute atomic E-state index is 0. The van der Waals surface area contributed by atoms with Gasteiger partial charge in [0.2, 0.25) is 11.8 Å². The van der Waals surface area contributed by atoms with E-state index in [4.69, 9.17) is 0 Å². The normalized spacial score (nSPS) is 14.7. The number of anilines is 2. The second-order valence-corrected chi connectivity index (χ2v) is 7.98. The maximum absolute atomic E-state index is 12.5. The Morgan fingerprint density at radius 3 is 2.79 bits per heavy atom. The molecule has 11 heteroatoms. The molecule has 1 aliphatic heterocycles. The molecule has 1 heterocycles. The summed E-state index contributed by atoms with van der Waals surface area (Å²) in [5.41, 5.74) is 0.919. The van der Waals surface area contributed by atoms with E-state index in [9.17, 15) is 14.4 Å². The lowest BCUT2D eigenvalue weighted by molar-refractivity contribution is -0.117. The number of carbonyl (C=O) groups is 3. The summed E-state index contributed by atoms with van der Waals surface area (Å²) in [5, 5.41) is 3.06. The number of rotatable bonds is 7. The van der Waals surface area contributed by atoms with Gasteiger partial charge in [-0.05, 0) is 32.3 Å². The smallest absolute Gasteiger partial charge is 0.435 e. The summed E-state index contributed by atoms with van der Waals surface area (Å²) in [5.74, 6) is 0.399. The van der Waals surface area contributed by atoms with Crippen molar-refractivity contribution in [2.24, 2.45) is 4.99 Å². The van der Waals surface area contributed by atoms with Crippen LogP contribution in [0.3, 0.4) is 0 Å². The van der Waals surface area contributed by atoms with E-state index in [2.05, 4.69) is 21.6 Å². The summed E-state index contributed by atoms with van der Waals surface area (Å²) < 4.78 is 4.57. The minimum atomic E-state index is -0.793. The van der Waals surface area contributed by atoms with Gasteiger partial charge in [-0.3, -0.25) is 14.5 Å². The van der Waals surface area contributed by atoms with Gasteiger partial charge in [-0.25, -0.2) is 4.79 Å². The van der Waals surface area contributed by atoms with Crippen molar-refractivity contribution >= 4 is 70.4 Å². The van der Waals surface area contributed by atoms with Crippen molar-refractivity contribution in [1.29, 1.82) is 0 Å². The molecule has 0 aromatic heterocycles. The Bertz CT molecular complexity index is 817. The molecule has 0 aliphatic carbocycles. The molecule has 158 valence electrons. The maximum atomic E-state index is 12.5. The summed E-state index contributed by atoms with van der Waals surface area (Å²) >= 11 is 2.69. The summed E-state index contributed by atoms with van der Waals surface area (Å²) in [6.07, 6.45) is 0.989. The average molecular weight is 459 g/mol. The van der Waals surface area contributed by atoms with Crippen molar-refractivity contribution in [1.82, 2.24) is 4.90 Å². The second kappa shape index (κ2) is 11.9. The summed E-state index contributed by atoms with van der Waals surface area (Å²) in [7, 11) is 4.80. The summed E-state index contributed by atoms with van der Waals surface area (Å²) in [6, 6.07) is 5.37. The zero-order valence-corrected chi connectivity index (χ0v) is 18.8. The third-order valence-corrected chi connectivity index (χ3v) is 5.35. The molecular formula is C18H23ClN4O4S2. The number of hydrogen-bond acceptors (Lipinski definition) is 7. The van der Waals surface area contributed by atoms with Crippen LogP contribution in [0.2, 0.25) is 0 Å². The molecule has 0 spiro atoms. The lowest BCUT2D eigenvalue weighted by atomic mass is 10.2. The van der Waals surface area contributed by atoms with Crippen molar-refractivity contribution in [3.05, 3.63) is 30.9 Å². The summed E-state index contributed by atoms with van der Waals surface area (Å²) in [6.45, 7) is 3.89. The van der Waals surface area contributed by atoms with Crippen LogP contribution in [0.1, 0.15) is 0 Å². The molecule has 1 saturated heterocycles. The van der Waals surface area contributed by atoms with Crippen LogP contribution < -0.4 is 10.2 Å². The van der Waals surface area contributed by atoms with Gasteiger partial charge in [0.05, 0.1) is 30.8 Å². The Morgan fingerprint density at radius 2 is 2.17 bits per heavy atom. The molecule has 0 bridgehead atoms. The minimum Gasteiger partial charge on any atom is -0.451 e. The Balaban J connectivity index is 0.00000420. The third kappa shape index (κ3) is 7.07. The van der Waals surface area contributed by atoms with Crippen LogP contribution in [0, 0.1) is 0 Å². The highest BCUT2D eigenvalue weighted by atomic mass is 35.5.